The van der Waals surface area contributed by atoms with E-state index in [1.165, 1.54) is 284 Å². The van der Waals surface area contributed by atoms with E-state index >= 15 is 0 Å². The molecule has 133 heavy (non-hydrogen) atoms. The van der Waals surface area contributed by atoms with Gasteiger partial charge in [-0.25, -0.2) is 0 Å². The minimum Gasteiger partial charge on any atom is -0.490 e. The van der Waals surface area contributed by atoms with Crippen molar-refractivity contribution in [2.75, 3.05) is 371 Å². The molecular formula is C108H197ClN16O8+8. The second-order valence-electron chi connectivity index (χ2n) is 42.7. The first-order valence-corrected chi connectivity index (χ1v) is 54.1. The maximum Gasteiger partial charge on any atom is 0.161 e. The fourth-order valence-corrected chi connectivity index (χ4v) is 20.5. The van der Waals surface area contributed by atoms with Gasteiger partial charge in [0.25, 0.3) is 0 Å². The fourth-order valence-electron chi connectivity index (χ4n) is 20.5. The van der Waals surface area contributed by atoms with E-state index in [1.54, 1.807) is 39.2 Å². The molecule has 756 valence electrons. The Morgan fingerprint density at radius 1 is 0.226 bits per heavy atom. The summed E-state index contributed by atoms with van der Waals surface area (Å²) in [7, 11) is 18.2. The lowest BCUT2D eigenvalue weighted by molar-refractivity contribution is -1.00. The van der Waals surface area contributed by atoms with Crippen molar-refractivity contribution in [1.29, 1.82) is 0 Å². The molecule has 8 fully saturated rings. The van der Waals surface area contributed by atoms with Gasteiger partial charge in [0.05, 0.1) is 107 Å². The van der Waals surface area contributed by atoms with Crippen LogP contribution in [0.1, 0.15) is 153 Å². The van der Waals surface area contributed by atoms with Crippen LogP contribution in [0.25, 0.3) is 0 Å². The van der Waals surface area contributed by atoms with Crippen LogP contribution in [0.5, 0.6) is 46.0 Å². The molecule has 0 amide bonds. The number of benzene rings is 4. The van der Waals surface area contributed by atoms with Crippen LogP contribution in [0.15, 0.2) is 72.8 Å². The molecule has 4 aromatic rings. The largest absolute Gasteiger partial charge is 0.490 e. The first-order chi connectivity index (χ1) is 64.3. The number of piperazine rings is 8. The lowest BCUT2D eigenvalue weighted by Gasteiger charge is -2.32. The quantitative estimate of drug-likeness (QED) is 0.0306. The van der Waals surface area contributed by atoms with Crippen molar-refractivity contribution in [3.63, 3.8) is 0 Å². The minimum atomic E-state index is 0. The molecule has 8 N–H and O–H groups in total. The number of halogens is 1. The Hall–Kier alpha value is -5.07. The number of likely N-dealkylation sites (N-methyl/N-ethyl adjacent to an activating group) is 8. The van der Waals surface area contributed by atoms with Crippen LogP contribution in [0.2, 0.25) is 0 Å². The molecule has 4 atom stereocenters. The zero-order chi connectivity index (χ0) is 92.7. The van der Waals surface area contributed by atoms with Gasteiger partial charge in [0, 0.05) is 105 Å². The maximum atomic E-state index is 6.59. The lowest BCUT2D eigenvalue weighted by Crippen LogP contribution is -3.27. The van der Waals surface area contributed by atoms with Gasteiger partial charge in [-0.15, -0.1) is 12.4 Å². The molecule has 4 aromatic carbocycles. The average molecular weight is 1880 g/mol. The molecule has 8 saturated heterocycles. The van der Waals surface area contributed by atoms with E-state index in [9.17, 15) is 0 Å². The van der Waals surface area contributed by atoms with Crippen molar-refractivity contribution in [3.8, 4) is 46.0 Å². The summed E-state index contributed by atoms with van der Waals surface area (Å²) < 4.78 is 52.2. The van der Waals surface area contributed by atoms with Crippen molar-refractivity contribution in [3.05, 3.63) is 95.1 Å². The smallest absolute Gasteiger partial charge is 0.161 e. The van der Waals surface area contributed by atoms with Gasteiger partial charge in [-0.1, -0.05) is 52.0 Å². The highest BCUT2D eigenvalue weighted by Crippen LogP contribution is 2.37. The number of unbranched alkanes of at least 4 members (excludes halogenated alkanes) is 8. The molecule has 0 unspecified atom stereocenters. The van der Waals surface area contributed by atoms with Gasteiger partial charge >= 0.3 is 0 Å². The third-order valence-electron chi connectivity index (χ3n) is 31.1. The van der Waals surface area contributed by atoms with Crippen LogP contribution in [-0.2, 0) is 25.7 Å². The topological polar surface area (TPSA) is 135 Å². The third kappa shape index (κ3) is 42.9. The second-order valence-corrected chi connectivity index (χ2v) is 42.7. The van der Waals surface area contributed by atoms with E-state index < -0.39 is 0 Å². The SMILES string of the molecule is C[C@H](Cc1ccc(OCCCCN2CCN(C)CC2)c(OCCCCN2CCN(C)CC2)c1)[C@@H](C)Cc1ccc(OCCCCN2CCN(C)CC2)c(OCCCCN2CCN(C)CC2)c1.C[C@H](Cc1ccc(OCCCC[NH+]2CC[NH+](C)CC2)c(OCCCC[NH+]2CC[NH+](C)CC2)c1)[C@@H](C)Cc1ccc(OCCCC[NH+]2CC[NH+](C)CC2)c(OCCCC[NH+]2CC[NH+](C)CC2)c1.Cl. The van der Waals surface area contributed by atoms with Crippen LogP contribution >= 0.6 is 12.4 Å². The molecule has 8 aliphatic heterocycles. The number of rotatable bonds is 58. The van der Waals surface area contributed by atoms with Gasteiger partial charge in [-0.2, -0.15) is 0 Å². The highest BCUT2D eigenvalue weighted by Gasteiger charge is 2.28. The molecule has 8 heterocycles. The zero-order valence-electron chi connectivity index (χ0n) is 86.6. The van der Waals surface area contributed by atoms with Crippen molar-refractivity contribution in [2.24, 2.45) is 23.7 Å². The summed E-state index contributed by atoms with van der Waals surface area (Å²) >= 11 is 0. The standard InChI is InChI=1S/2C54H94N8O4.ClH/c2*1-47(43-49-15-17-51(63-39-11-7-19-59-31-23-55(3)24-32-59)53(45-49)65-41-13-9-21-61-35-27-57(5)28-36-61)48(2)44-50-16-18-52(64-40-12-8-20-60-33-25-56(4)26-34-60)54(46-50)66-42-14-10-22-62-37-29-58(6)30-38-62;/h2*15-18,45-48H,7-14,19-44H2,1-6H3;1H/p+8/t2*47-,48+;. The highest BCUT2D eigenvalue weighted by molar-refractivity contribution is 5.85. The molecule has 25 heteroatoms. The molecule has 0 radical (unpaired) electrons. The van der Waals surface area contributed by atoms with Gasteiger partial charge in [-0.05, 0) is 277 Å². The Morgan fingerprint density at radius 2 is 0.398 bits per heavy atom. The van der Waals surface area contributed by atoms with Gasteiger partial charge in [0.1, 0.15) is 105 Å². The number of hydrogen-bond acceptors (Lipinski definition) is 16. The first-order valence-electron chi connectivity index (χ1n) is 54.1. The van der Waals surface area contributed by atoms with Crippen LogP contribution < -0.4 is 77.1 Å². The molecule has 0 aliphatic carbocycles. The summed E-state index contributed by atoms with van der Waals surface area (Å²) in [6.45, 7) is 64.7. The molecule has 24 nitrogen and oxygen atoms in total. The first kappa shape index (κ1) is 110. The Kier molecular flexibility index (Phi) is 52.0. The number of quaternary nitrogens is 8. The fraction of sp³-hybridized carbons (Fsp3) is 0.778. The number of hydrogen-bond donors (Lipinski definition) is 8. The van der Waals surface area contributed by atoms with Crippen molar-refractivity contribution in [2.45, 2.75) is 156 Å². The van der Waals surface area contributed by atoms with Crippen molar-refractivity contribution in [1.82, 2.24) is 39.2 Å². The summed E-state index contributed by atoms with van der Waals surface area (Å²) in [5.41, 5.74) is 5.32. The molecule has 8 aliphatic rings. The van der Waals surface area contributed by atoms with E-state index in [1.807, 2.05) is 0 Å². The summed E-state index contributed by atoms with van der Waals surface area (Å²) in [6.07, 6.45) is 22.1. The van der Waals surface area contributed by atoms with Gasteiger partial charge in [0.15, 0.2) is 46.0 Å². The van der Waals surface area contributed by atoms with E-state index in [0.29, 0.717) is 23.7 Å². The maximum absolute atomic E-state index is 6.59. The van der Waals surface area contributed by atoms with Crippen LogP contribution in [-0.4, -0.2) is 410 Å². The van der Waals surface area contributed by atoms with Gasteiger partial charge in [0.2, 0.25) is 0 Å². The van der Waals surface area contributed by atoms with E-state index in [2.05, 4.69) is 196 Å². The molecule has 0 bridgehead atoms. The Balaban J connectivity index is 0.000000274. The normalized spacial score (nSPS) is 23.5. The average Bonchev–Trinajstić information content (AvgIpc) is 0.841. The number of ether oxygens (including phenoxy) is 8. The third-order valence-corrected chi connectivity index (χ3v) is 31.1. The number of nitrogens with zero attached hydrogens (tertiary/aromatic N) is 8. The predicted molar refractivity (Wildman–Crippen MR) is 547 cm³/mol. The summed E-state index contributed by atoms with van der Waals surface area (Å²) in [5, 5.41) is 0. The van der Waals surface area contributed by atoms with Crippen LogP contribution in [0.4, 0.5) is 0 Å². The summed E-state index contributed by atoms with van der Waals surface area (Å²) in [5.74, 6) is 9.25. The monoisotopic (exact) mass is 1880 g/mol. The lowest BCUT2D eigenvalue weighted by atomic mass is 9.85. The highest BCUT2D eigenvalue weighted by atomic mass is 35.5. The molecule has 12 rings (SSSR count). The van der Waals surface area contributed by atoms with E-state index in [-0.39, 0.29) is 12.4 Å². The van der Waals surface area contributed by atoms with Crippen LogP contribution in [0.3, 0.4) is 0 Å². The molecular weight excluding hydrogens is 1680 g/mol. The molecule has 0 aromatic heterocycles. The van der Waals surface area contributed by atoms with Crippen molar-refractivity contribution < 1.29 is 77.1 Å². The summed E-state index contributed by atoms with van der Waals surface area (Å²) in [4.78, 5) is 33.9. The summed E-state index contributed by atoms with van der Waals surface area (Å²) in [6, 6.07) is 27.0. The zero-order valence-corrected chi connectivity index (χ0v) is 87.4. The van der Waals surface area contributed by atoms with Gasteiger partial charge < -0.3 is 116 Å². The molecule has 0 spiro atoms. The Morgan fingerprint density at radius 3 is 0.586 bits per heavy atom. The van der Waals surface area contributed by atoms with E-state index in [0.717, 1.165) is 228 Å². The predicted octanol–water partition coefficient (Wildman–Crippen LogP) is 1.82. The molecule has 0 saturated carbocycles. The number of nitrogens with one attached hydrogen (secondary N) is 8. The van der Waals surface area contributed by atoms with Gasteiger partial charge in [-0.3, -0.25) is 0 Å². The Labute approximate surface area is 815 Å². The second kappa shape index (κ2) is 62.9. The van der Waals surface area contributed by atoms with Crippen LogP contribution in [0, 0.1) is 23.7 Å². The minimum absolute atomic E-state index is 0. The van der Waals surface area contributed by atoms with E-state index in [4.69, 9.17) is 37.9 Å². The van der Waals surface area contributed by atoms with Crippen molar-refractivity contribution >= 4 is 12.4 Å². The Bertz CT molecular complexity index is 3220.